The standard InChI is InChI=1S/C24H26N2O6/c1-4-30-22(27)15(3)32-18-13-11-17(12-14-18)21-19(23(28)31-5-2)20(25-24(29)26-21)16-9-7-6-8-10-16/h6-15,21H,4-5H2,1-3H3,(H2,25,26,29)/t15-,21+/m1/s1. The fraction of sp³-hybridized carbons (Fsp3) is 0.292. The Hall–Kier alpha value is -3.81. The van der Waals surface area contributed by atoms with Crippen LogP contribution in [-0.4, -0.2) is 37.3 Å². The number of urea groups is 1. The first-order valence-corrected chi connectivity index (χ1v) is 10.4. The summed E-state index contributed by atoms with van der Waals surface area (Å²) >= 11 is 0. The van der Waals surface area contributed by atoms with E-state index in [1.807, 2.05) is 30.3 Å². The fourth-order valence-electron chi connectivity index (χ4n) is 3.33. The largest absolute Gasteiger partial charge is 0.479 e. The van der Waals surface area contributed by atoms with Gasteiger partial charge in [-0.2, -0.15) is 0 Å². The van der Waals surface area contributed by atoms with Crippen LogP contribution in [0.1, 0.15) is 37.9 Å². The van der Waals surface area contributed by atoms with Gasteiger partial charge in [0.25, 0.3) is 0 Å². The predicted molar refractivity (Wildman–Crippen MR) is 118 cm³/mol. The van der Waals surface area contributed by atoms with Gasteiger partial charge in [0.05, 0.1) is 30.5 Å². The van der Waals surface area contributed by atoms with E-state index < -0.39 is 30.1 Å². The lowest BCUT2D eigenvalue weighted by molar-refractivity contribution is -0.150. The van der Waals surface area contributed by atoms with Crippen LogP contribution in [0, 0.1) is 0 Å². The number of rotatable bonds is 8. The van der Waals surface area contributed by atoms with Crippen molar-refractivity contribution in [3.63, 3.8) is 0 Å². The maximum Gasteiger partial charge on any atom is 0.347 e. The molecule has 3 rings (SSSR count). The number of amides is 2. The molecule has 0 unspecified atom stereocenters. The van der Waals surface area contributed by atoms with Gasteiger partial charge in [0, 0.05) is 0 Å². The summed E-state index contributed by atoms with van der Waals surface area (Å²) in [7, 11) is 0. The lowest BCUT2D eigenvalue weighted by Crippen LogP contribution is -2.45. The topological polar surface area (TPSA) is 103 Å². The smallest absolute Gasteiger partial charge is 0.347 e. The van der Waals surface area contributed by atoms with Gasteiger partial charge in [0.2, 0.25) is 0 Å². The van der Waals surface area contributed by atoms with Crippen molar-refractivity contribution in [1.29, 1.82) is 0 Å². The van der Waals surface area contributed by atoms with Crippen molar-refractivity contribution >= 4 is 23.7 Å². The lowest BCUT2D eigenvalue weighted by Gasteiger charge is -2.29. The molecule has 8 nitrogen and oxygen atoms in total. The molecule has 8 heteroatoms. The molecule has 2 N–H and O–H groups in total. The van der Waals surface area contributed by atoms with Crippen molar-refractivity contribution in [3.05, 3.63) is 71.3 Å². The van der Waals surface area contributed by atoms with Crippen LogP contribution < -0.4 is 15.4 Å². The Morgan fingerprint density at radius 3 is 2.25 bits per heavy atom. The molecule has 0 bridgehead atoms. The molecule has 0 radical (unpaired) electrons. The highest BCUT2D eigenvalue weighted by Crippen LogP contribution is 2.32. The van der Waals surface area contributed by atoms with E-state index >= 15 is 0 Å². The number of esters is 2. The number of nitrogens with one attached hydrogen (secondary N) is 2. The van der Waals surface area contributed by atoms with E-state index in [1.165, 1.54) is 0 Å². The highest BCUT2D eigenvalue weighted by atomic mass is 16.6. The average Bonchev–Trinajstić information content (AvgIpc) is 2.80. The van der Waals surface area contributed by atoms with E-state index in [-0.39, 0.29) is 13.2 Å². The molecule has 168 valence electrons. The second-order valence-electron chi connectivity index (χ2n) is 6.99. The summed E-state index contributed by atoms with van der Waals surface area (Å²) < 4.78 is 15.8. The summed E-state index contributed by atoms with van der Waals surface area (Å²) in [6, 6.07) is 14.8. The Labute approximate surface area is 186 Å². The van der Waals surface area contributed by atoms with Gasteiger partial charge in [-0.3, -0.25) is 0 Å². The van der Waals surface area contributed by atoms with Crippen molar-refractivity contribution in [3.8, 4) is 5.75 Å². The summed E-state index contributed by atoms with van der Waals surface area (Å²) in [6.07, 6.45) is -0.765. The van der Waals surface area contributed by atoms with Crippen molar-refractivity contribution in [2.24, 2.45) is 0 Å². The van der Waals surface area contributed by atoms with Crippen LogP contribution in [0.25, 0.3) is 5.70 Å². The van der Waals surface area contributed by atoms with Crippen LogP contribution in [0.5, 0.6) is 5.75 Å². The first kappa shape index (κ1) is 22.9. The number of ether oxygens (including phenoxy) is 3. The molecule has 0 saturated carbocycles. The molecule has 1 aliphatic rings. The number of carbonyl (C=O) groups is 3. The van der Waals surface area contributed by atoms with E-state index in [0.717, 1.165) is 0 Å². The van der Waals surface area contributed by atoms with Gasteiger partial charge in [-0.05, 0) is 44.0 Å². The zero-order valence-corrected chi connectivity index (χ0v) is 18.2. The quantitative estimate of drug-likeness (QED) is 0.613. The van der Waals surface area contributed by atoms with Crippen LogP contribution in [0.4, 0.5) is 4.79 Å². The molecule has 0 spiro atoms. The molecule has 0 aromatic heterocycles. The molecule has 2 aromatic rings. The van der Waals surface area contributed by atoms with Crippen LogP contribution >= 0.6 is 0 Å². The van der Waals surface area contributed by atoms with Gasteiger partial charge in [-0.25, -0.2) is 14.4 Å². The third kappa shape index (κ3) is 5.26. The third-order valence-corrected chi connectivity index (χ3v) is 4.77. The van der Waals surface area contributed by atoms with E-state index in [2.05, 4.69) is 10.6 Å². The van der Waals surface area contributed by atoms with Crippen molar-refractivity contribution < 1.29 is 28.6 Å². The zero-order chi connectivity index (χ0) is 23.1. The second-order valence-corrected chi connectivity index (χ2v) is 6.99. The van der Waals surface area contributed by atoms with Crippen molar-refractivity contribution in [1.82, 2.24) is 10.6 Å². The molecule has 0 aliphatic carbocycles. The van der Waals surface area contributed by atoms with Crippen LogP contribution in [0.15, 0.2) is 60.2 Å². The molecular weight excluding hydrogens is 412 g/mol. The molecule has 1 aliphatic heterocycles. The van der Waals surface area contributed by atoms with E-state index in [4.69, 9.17) is 14.2 Å². The third-order valence-electron chi connectivity index (χ3n) is 4.77. The van der Waals surface area contributed by atoms with Crippen LogP contribution in [-0.2, 0) is 19.1 Å². The maximum absolute atomic E-state index is 12.9. The summed E-state index contributed by atoms with van der Waals surface area (Å²) in [5, 5.41) is 5.53. The Morgan fingerprint density at radius 1 is 0.969 bits per heavy atom. The molecule has 2 atom stereocenters. The molecule has 32 heavy (non-hydrogen) atoms. The Morgan fingerprint density at radius 2 is 1.62 bits per heavy atom. The first-order chi connectivity index (χ1) is 15.4. The minimum absolute atomic E-state index is 0.198. The minimum Gasteiger partial charge on any atom is -0.479 e. The minimum atomic E-state index is -0.765. The van der Waals surface area contributed by atoms with Gasteiger partial charge < -0.3 is 24.8 Å². The number of hydrogen-bond acceptors (Lipinski definition) is 6. The van der Waals surface area contributed by atoms with E-state index in [0.29, 0.717) is 28.1 Å². The Balaban J connectivity index is 1.94. The molecule has 2 amide bonds. The average molecular weight is 438 g/mol. The lowest BCUT2D eigenvalue weighted by atomic mass is 9.92. The van der Waals surface area contributed by atoms with Gasteiger partial charge in [0.15, 0.2) is 6.10 Å². The summed E-state index contributed by atoms with van der Waals surface area (Å²) in [5.41, 5.74) is 2.05. The second kappa shape index (κ2) is 10.5. The SMILES string of the molecule is CCOC(=O)C1=C(c2ccccc2)NC(=O)N[C@H]1c1ccc(O[C@H](C)C(=O)OCC)cc1. The molecule has 0 saturated heterocycles. The number of carbonyl (C=O) groups excluding carboxylic acids is 3. The highest BCUT2D eigenvalue weighted by molar-refractivity contribution is 6.04. The van der Waals surface area contributed by atoms with Gasteiger partial charge in [-0.1, -0.05) is 42.5 Å². The normalized spacial score (nSPS) is 16.5. The molecule has 2 aromatic carbocycles. The van der Waals surface area contributed by atoms with Crippen molar-refractivity contribution in [2.75, 3.05) is 13.2 Å². The van der Waals surface area contributed by atoms with Gasteiger partial charge in [-0.15, -0.1) is 0 Å². The summed E-state index contributed by atoms with van der Waals surface area (Å²) in [4.78, 5) is 37.1. The van der Waals surface area contributed by atoms with Crippen molar-refractivity contribution in [2.45, 2.75) is 32.9 Å². The zero-order valence-electron chi connectivity index (χ0n) is 18.2. The number of hydrogen-bond donors (Lipinski definition) is 2. The maximum atomic E-state index is 12.9. The molecular formula is C24H26N2O6. The highest BCUT2D eigenvalue weighted by Gasteiger charge is 2.34. The Bertz CT molecular complexity index is 1000. The van der Waals surface area contributed by atoms with Gasteiger partial charge in [0.1, 0.15) is 5.75 Å². The van der Waals surface area contributed by atoms with Crippen LogP contribution in [0.2, 0.25) is 0 Å². The molecule has 0 fully saturated rings. The van der Waals surface area contributed by atoms with E-state index in [1.54, 1.807) is 45.0 Å². The molecule has 1 heterocycles. The summed E-state index contributed by atoms with van der Waals surface area (Å²) in [6.45, 7) is 5.52. The monoisotopic (exact) mass is 438 g/mol. The van der Waals surface area contributed by atoms with E-state index in [9.17, 15) is 14.4 Å². The number of benzene rings is 2. The Kier molecular flexibility index (Phi) is 7.49. The fourth-order valence-corrected chi connectivity index (χ4v) is 3.33. The van der Waals surface area contributed by atoms with Crippen LogP contribution in [0.3, 0.4) is 0 Å². The first-order valence-electron chi connectivity index (χ1n) is 10.4. The van der Waals surface area contributed by atoms with Gasteiger partial charge >= 0.3 is 18.0 Å². The predicted octanol–water partition coefficient (Wildman–Crippen LogP) is 3.35. The summed E-state index contributed by atoms with van der Waals surface area (Å²) in [5.74, 6) is -0.526.